The average Bonchev–Trinajstić information content (AvgIpc) is 3.12. The smallest absolute Gasteiger partial charge is 0.114 e. The molecule has 1 aliphatic rings. The molecule has 3 N–H and O–H groups in total. The fourth-order valence-electron chi connectivity index (χ4n) is 4.01. The first-order valence-electron chi connectivity index (χ1n) is 12.6. The third-order valence-electron chi connectivity index (χ3n) is 5.99. The van der Waals surface area contributed by atoms with Gasteiger partial charge in [-0.1, -0.05) is 96.1 Å². The highest BCUT2D eigenvalue weighted by molar-refractivity contribution is 4.89. The van der Waals surface area contributed by atoms with Gasteiger partial charge in [0.1, 0.15) is 24.4 Å². The fourth-order valence-corrected chi connectivity index (χ4v) is 4.01. The Balaban J connectivity index is 1.83. The molecular formula is C25H48O5. The summed E-state index contributed by atoms with van der Waals surface area (Å²) >= 11 is 0. The molecule has 0 radical (unpaired) electrons. The Labute approximate surface area is 184 Å². The Morgan fingerprint density at radius 2 is 1.40 bits per heavy atom. The first-order valence-corrected chi connectivity index (χ1v) is 12.6. The van der Waals surface area contributed by atoms with Gasteiger partial charge in [-0.25, -0.2) is 0 Å². The molecule has 5 nitrogen and oxygen atoms in total. The molecule has 0 aromatic carbocycles. The zero-order chi connectivity index (χ0) is 21.9. The Kier molecular flexibility index (Phi) is 17.7. The number of ether oxygens (including phenoxy) is 2. The summed E-state index contributed by atoms with van der Waals surface area (Å²) in [5.74, 6) is 0. The maximum atomic E-state index is 10.1. The molecule has 1 saturated heterocycles. The summed E-state index contributed by atoms with van der Waals surface area (Å²) in [5, 5.41) is 28.6. The van der Waals surface area contributed by atoms with E-state index in [4.69, 9.17) is 14.6 Å². The lowest BCUT2D eigenvalue weighted by Crippen LogP contribution is -2.41. The van der Waals surface area contributed by atoms with Gasteiger partial charge in [-0.2, -0.15) is 0 Å². The molecule has 0 aliphatic carbocycles. The van der Waals surface area contributed by atoms with Crippen molar-refractivity contribution < 1.29 is 24.8 Å². The van der Waals surface area contributed by atoms with E-state index in [0.29, 0.717) is 6.61 Å². The fraction of sp³-hybridized carbons (Fsp3) is 0.920. The Hall–Kier alpha value is -0.460. The number of hydrogen-bond donors (Lipinski definition) is 3. The summed E-state index contributed by atoms with van der Waals surface area (Å²) < 4.78 is 11.0. The normalized spacial score (nSPS) is 22.9. The van der Waals surface area contributed by atoms with Crippen LogP contribution in [0.4, 0.5) is 0 Å². The van der Waals surface area contributed by atoms with Crippen molar-refractivity contribution in [1.29, 1.82) is 0 Å². The third-order valence-corrected chi connectivity index (χ3v) is 5.99. The van der Waals surface area contributed by atoms with E-state index in [1.807, 2.05) is 0 Å². The maximum absolute atomic E-state index is 10.1. The molecule has 1 aliphatic heterocycles. The summed E-state index contributed by atoms with van der Waals surface area (Å²) in [6.45, 7) is 2.64. The topological polar surface area (TPSA) is 79.2 Å². The lowest BCUT2D eigenvalue weighted by atomic mass is 10.0. The van der Waals surface area contributed by atoms with Gasteiger partial charge >= 0.3 is 0 Å². The quantitative estimate of drug-likeness (QED) is 0.190. The van der Waals surface area contributed by atoms with Gasteiger partial charge < -0.3 is 24.8 Å². The van der Waals surface area contributed by atoms with Crippen LogP contribution in [-0.4, -0.2) is 59.6 Å². The molecule has 0 saturated carbocycles. The van der Waals surface area contributed by atoms with Crippen LogP contribution in [0.15, 0.2) is 12.2 Å². The van der Waals surface area contributed by atoms with Crippen molar-refractivity contribution >= 4 is 0 Å². The number of unbranched alkanes of at least 4 members (excludes halogenated alkanes) is 13. The average molecular weight is 429 g/mol. The summed E-state index contributed by atoms with van der Waals surface area (Å²) in [7, 11) is 0. The maximum Gasteiger partial charge on any atom is 0.114 e. The molecule has 178 valence electrons. The highest BCUT2D eigenvalue weighted by Gasteiger charge is 2.40. The second kappa shape index (κ2) is 19.2. The number of rotatable bonds is 20. The van der Waals surface area contributed by atoms with Gasteiger partial charge in [-0.05, 0) is 19.3 Å². The third kappa shape index (κ3) is 13.1. The van der Waals surface area contributed by atoms with E-state index in [0.717, 1.165) is 12.8 Å². The van der Waals surface area contributed by atoms with Crippen LogP contribution < -0.4 is 0 Å². The Bertz CT molecular complexity index is 401. The second-order valence-corrected chi connectivity index (χ2v) is 8.74. The zero-order valence-corrected chi connectivity index (χ0v) is 19.4. The molecule has 4 atom stereocenters. The predicted octanol–water partition coefficient (Wildman–Crippen LogP) is 4.91. The molecule has 0 unspecified atom stereocenters. The van der Waals surface area contributed by atoms with Crippen molar-refractivity contribution in [3.8, 4) is 0 Å². The number of hydrogen-bond acceptors (Lipinski definition) is 5. The van der Waals surface area contributed by atoms with Crippen molar-refractivity contribution in [3.05, 3.63) is 12.2 Å². The van der Waals surface area contributed by atoms with Gasteiger partial charge in [0.2, 0.25) is 0 Å². The van der Waals surface area contributed by atoms with E-state index in [9.17, 15) is 10.2 Å². The summed E-state index contributed by atoms with van der Waals surface area (Å²) in [6.07, 6.45) is 21.2. The van der Waals surface area contributed by atoms with E-state index >= 15 is 0 Å². The van der Waals surface area contributed by atoms with E-state index < -0.39 is 31.0 Å². The number of allylic oxidation sites excluding steroid dienone is 1. The van der Waals surface area contributed by atoms with Crippen LogP contribution >= 0.6 is 0 Å². The minimum absolute atomic E-state index is 0.256. The van der Waals surface area contributed by atoms with Gasteiger partial charge in [-0.15, -0.1) is 0 Å². The van der Waals surface area contributed by atoms with Crippen LogP contribution in [0.25, 0.3) is 0 Å². The molecule has 0 aromatic rings. The monoisotopic (exact) mass is 428 g/mol. The van der Waals surface area contributed by atoms with E-state index in [1.54, 1.807) is 0 Å². The van der Waals surface area contributed by atoms with Gasteiger partial charge in [0.15, 0.2) is 0 Å². The number of aliphatic hydroxyl groups excluding tert-OH is 3. The van der Waals surface area contributed by atoms with Crippen LogP contribution in [-0.2, 0) is 9.47 Å². The van der Waals surface area contributed by atoms with Crippen LogP contribution in [0.3, 0.4) is 0 Å². The molecule has 5 heteroatoms. The van der Waals surface area contributed by atoms with E-state index in [2.05, 4.69) is 19.1 Å². The minimum atomic E-state index is -1.06. The highest BCUT2D eigenvalue weighted by Crippen LogP contribution is 2.20. The summed E-state index contributed by atoms with van der Waals surface area (Å²) in [6, 6.07) is 0. The standard InChI is InChI=1S/C25H48O5/c1-2-3-4-5-6-7-8-9-10-11-12-13-14-15-16-17-18-19-29-23-21-30-25(24(23)28)22(27)20-26/h16-17,22-28H,2-15,18-21H2,1H3/b17-16+/t22-,23+,24-,25-/m1/s1. The van der Waals surface area contributed by atoms with Gasteiger partial charge in [0.25, 0.3) is 0 Å². The molecule has 1 fully saturated rings. The molecule has 1 rings (SSSR count). The van der Waals surface area contributed by atoms with E-state index in [-0.39, 0.29) is 6.61 Å². The van der Waals surface area contributed by atoms with Crippen molar-refractivity contribution in [2.45, 2.75) is 128 Å². The SMILES string of the molecule is CCCCCCCCCCCCCCC/C=C/CCO[C@H]1CO[C@H]([C@H](O)CO)[C@@H]1O. The van der Waals surface area contributed by atoms with Crippen LogP contribution in [0.5, 0.6) is 0 Å². The zero-order valence-electron chi connectivity index (χ0n) is 19.4. The van der Waals surface area contributed by atoms with Crippen molar-refractivity contribution in [2.75, 3.05) is 19.8 Å². The minimum Gasteiger partial charge on any atom is -0.394 e. The predicted molar refractivity (Wildman–Crippen MR) is 123 cm³/mol. The van der Waals surface area contributed by atoms with Crippen molar-refractivity contribution in [3.63, 3.8) is 0 Å². The van der Waals surface area contributed by atoms with E-state index in [1.165, 1.54) is 83.5 Å². The van der Waals surface area contributed by atoms with Crippen LogP contribution in [0, 0.1) is 0 Å². The largest absolute Gasteiger partial charge is 0.394 e. The molecule has 30 heavy (non-hydrogen) atoms. The van der Waals surface area contributed by atoms with Gasteiger partial charge in [-0.3, -0.25) is 0 Å². The van der Waals surface area contributed by atoms with Crippen LogP contribution in [0.2, 0.25) is 0 Å². The Morgan fingerprint density at radius 1 is 0.867 bits per heavy atom. The van der Waals surface area contributed by atoms with Gasteiger partial charge in [0.05, 0.1) is 19.8 Å². The number of aliphatic hydroxyl groups is 3. The highest BCUT2D eigenvalue weighted by atomic mass is 16.6. The van der Waals surface area contributed by atoms with Gasteiger partial charge in [0, 0.05) is 0 Å². The second-order valence-electron chi connectivity index (χ2n) is 8.74. The van der Waals surface area contributed by atoms with Crippen molar-refractivity contribution in [2.24, 2.45) is 0 Å². The van der Waals surface area contributed by atoms with Crippen molar-refractivity contribution in [1.82, 2.24) is 0 Å². The molecule has 0 amide bonds. The summed E-state index contributed by atoms with van der Waals surface area (Å²) in [4.78, 5) is 0. The lowest BCUT2D eigenvalue weighted by Gasteiger charge is -2.20. The Morgan fingerprint density at radius 3 is 1.97 bits per heavy atom. The molecule has 0 aromatic heterocycles. The molecule has 1 heterocycles. The molecule has 0 spiro atoms. The molecule has 0 bridgehead atoms. The first kappa shape index (κ1) is 27.6. The first-order chi connectivity index (χ1) is 14.7. The summed E-state index contributed by atoms with van der Waals surface area (Å²) in [5.41, 5.74) is 0. The lowest BCUT2D eigenvalue weighted by molar-refractivity contribution is -0.0726. The molecular weight excluding hydrogens is 380 g/mol. The van der Waals surface area contributed by atoms with Crippen LogP contribution in [0.1, 0.15) is 103 Å².